The first-order chi connectivity index (χ1) is 9.11. The molecule has 1 aromatic carbocycles. The van der Waals surface area contributed by atoms with E-state index >= 15 is 0 Å². The second kappa shape index (κ2) is 8.31. The van der Waals surface area contributed by atoms with Crippen LogP contribution in [0.5, 0.6) is 5.75 Å². The van der Waals surface area contributed by atoms with Crippen molar-refractivity contribution in [1.82, 2.24) is 5.32 Å². The van der Waals surface area contributed by atoms with Crippen molar-refractivity contribution in [2.24, 2.45) is 0 Å². The van der Waals surface area contributed by atoms with Crippen molar-refractivity contribution in [2.75, 3.05) is 19.8 Å². The Morgan fingerprint density at radius 1 is 1.26 bits per heavy atom. The zero-order valence-corrected chi connectivity index (χ0v) is 11.8. The second-order valence-corrected chi connectivity index (χ2v) is 4.41. The van der Waals surface area contributed by atoms with E-state index < -0.39 is 5.97 Å². The van der Waals surface area contributed by atoms with Gasteiger partial charge in [0.25, 0.3) is 5.91 Å². The van der Waals surface area contributed by atoms with Crippen molar-refractivity contribution in [1.29, 1.82) is 0 Å². The Labute approximate surface area is 119 Å². The van der Waals surface area contributed by atoms with E-state index in [1.54, 1.807) is 24.3 Å². The zero-order chi connectivity index (χ0) is 14.1. The summed E-state index contributed by atoms with van der Waals surface area (Å²) in [5.41, 5.74) is 0. The zero-order valence-electron chi connectivity index (χ0n) is 10.2. The molecule has 0 fully saturated rings. The lowest BCUT2D eigenvalue weighted by Crippen LogP contribution is -2.29. The Kier molecular flexibility index (Phi) is 6.67. The van der Waals surface area contributed by atoms with Gasteiger partial charge in [-0.25, -0.2) is 4.79 Å². The first kappa shape index (κ1) is 15.2. The minimum absolute atomic E-state index is 0.240. The van der Waals surface area contributed by atoms with E-state index in [1.165, 1.54) is 6.08 Å². The van der Waals surface area contributed by atoms with Crippen molar-refractivity contribution in [2.45, 2.75) is 0 Å². The number of hydrogen-bond acceptors (Lipinski definition) is 4. The standard InChI is InChI=1S/C13H14BrNO4/c1-2-7-15-12(16)8-19-13(17)9-18-11-5-3-10(14)4-6-11/h2-6H,1,7-9H2,(H,15,16). The molecule has 1 aromatic rings. The molecule has 0 heterocycles. The van der Waals surface area contributed by atoms with Gasteiger partial charge in [-0.1, -0.05) is 22.0 Å². The molecule has 0 aliphatic rings. The van der Waals surface area contributed by atoms with Crippen LogP contribution >= 0.6 is 15.9 Å². The summed E-state index contributed by atoms with van der Waals surface area (Å²) in [6.45, 7) is 3.23. The molecule has 0 atom stereocenters. The number of esters is 1. The predicted octanol–water partition coefficient (Wildman–Crippen LogP) is 1.67. The normalized spacial score (nSPS) is 9.53. The number of carbonyl (C=O) groups is 2. The third-order valence-electron chi connectivity index (χ3n) is 1.98. The van der Waals surface area contributed by atoms with E-state index in [0.717, 1.165) is 4.47 Å². The number of ether oxygens (including phenoxy) is 2. The summed E-state index contributed by atoms with van der Waals surface area (Å²) in [6, 6.07) is 7.02. The van der Waals surface area contributed by atoms with Crippen molar-refractivity contribution >= 4 is 27.8 Å². The van der Waals surface area contributed by atoms with Crippen molar-refractivity contribution < 1.29 is 19.1 Å². The summed E-state index contributed by atoms with van der Waals surface area (Å²) in [4.78, 5) is 22.4. The number of carbonyl (C=O) groups excluding carboxylic acids is 2. The summed E-state index contributed by atoms with van der Waals surface area (Å²) < 4.78 is 10.8. The maximum Gasteiger partial charge on any atom is 0.344 e. The van der Waals surface area contributed by atoms with Gasteiger partial charge in [-0.15, -0.1) is 6.58 Å². The molecule has 0 aromatic heterocycles. The average molecular weight is 328 g/mol. The van der Waals surface area contributed by atoms with Crippen LogP contribution in [0, 0.1) is 0 Å². The summed E-state index contributed by atoms with van der Waals surface area (Å²) in [5.74, 6) is -0.426. The van der Waals surface area contributed by atoms with Crippen LogP contribution in [-0.4, -0.2) is 31.6 Å². The van der Waals surface area contributed by atoms with E-state index in [2.05, 4.69) is 27.8 Å². The molecule has 0 bridgehead atoms. The van der Waals surface area contributed by atoms with Gasteiger partial charge in [0.05, 0.1) is 0 Å². The monoisotopic (exact) mass is 327 g/mol. The summed E-state index contributed by atoms with van der Waals surface area (Å²) in [6.07, 6.45) is 1.54. The third kappa shape index (κ3) is 6.61. The maximum atomic E-state index is 11.3. The van der Waals surface area contributed by atoms with Crippen LogP contribution in [0.25, 0.3) is 0 Å². The fraction of sp³-hybridized carbons (Fsp3) is 0.231. The summed E-state index contributed by atoms with van der Waals surface area (Å²) in [5, 5.41) is 2.49. The Morgan fingerprint density at radius 3 is 2.58 bits per heavy atom. The van der Waals surface area contributed by atoms with Gasteiger partial charge in [0.15, 0.2) is 13.2 Å². The van der Waals surface area contributed by atoms with Crippen LogP contribution < -0.4 is 10.1 Å². The van der Waals surface area contributed by atoms with E-state index in [9.17, 15) is 9.59 Å². The molecule has 0 saturated carbocycles. The fourth-order valence-electron chi connectivity index (χ4n) is 1.10. The summed E-state index contributed by atoms with van der Waals surface area (Å²) >= 11 is 3.29. The second-order valence-electron chi connectivity index (χ2n) is 3.50. The molecule has 5 nitrogen and oxygen atoms in total. The van der Waals surface area contributed by atoms with Crippen LogP contribution in [0.4, 0.5) is 0 Å². The molecule has 1 amide bonds. The Hall–Kier alpha value is -1.82. The van der Waals surface area contributed by atoms with Crippen LogP contribution in [0.2, 0.25) is 0 Å². The third-order valence-corrected chi connectivity index (χ3v) is 2.51. The quantitative estimate of drug-likeness (QED) is 0.611. The Bertz CT molecular complexity index is 444. The van der Waals surface area contributed by atoms with Gasteiger partial charge in [0, 0.05) is 11.0 Å². The first-order valence-corrected chi connectivity index (χ1v) is 6.32. The number of amides is 1. The van der Waals surface area contributed by atoms with Gasteiger partial charge in [-0.05, 0) is 24.3 Å². The van der Waals surface area contributed by atoms with E-state index in [1.807, 2.05) is 0 Å². The molecule has 1 rings (SSSR count). The van der Waals surface area contributed by atoms with Gasteiger partial charge in [-0.2, -0.15) is 0 Å². The van der Waals surface area contributed by atoms with Crippen molar-refractivity contribution in [3.63, 3.8) is 0 Å². The highest BCUT2D eigenvalue weighted by Crippen LogP contribution is 2.15. The Morgan fingerprint density at radius 2 is 1.95 bits per heavy atom. The maximum absolute atomic E-state index is 11.3. The largest absolute Gasteiger partial charge is 0.482 e. The summed E-state index contributed by atoms with van der Waals surface area (Å²) in [7, 11) is 0. The van der Waals surface area contributed by atoms with Gasteiger partial charge in [-0.3, -0.25) is 4.79 Å². The van der Waals surface area contributed by atoms with Crippen LogP contribution in [0.1, 0.15) is 0 Å². The average Bonchev–Trinajstić information content (AvgIpc) is 2.42. The van der Waals surface area contributed by atoms with Crippen LogP contribution in [0.3, 0.4) is 0 Å². The van der Waals surface area contributed by atoms with Gasteiger partial charge >= 0.3 is 5.97 Å². The number of rotatable bonds is 7. The number of nitrogens with one attached hydrogen (secondary N) is 1. The highest BCUT2D eigenvalue weighted by atomic mass is 79.9. The smallest absolute Gasteiger partial charge is 0.344 e. The number of halogens is 1. The molecule has 1 N–H and O–H groups in total. The van der Waals surface area contributed by atoms with Gasteiger partial charge in [0.1, 0.15) is 5.75 Å². The molecular weight excluding hydrogens is 314 g/mol. The van der Waals surface area contributed by atoms with Crippen molar-refractivity contribution in [3.8, 4) is 5.75 Å². The highest BCUT2D eigenvalue weighted by molar-refractivity contribution is 9.10. The highest BCUT2D eigenvalue weighted by Gasteiger charge is 2.07. The molecule has 0 aliphatic carbocycles. The SMILES string of the molecule is C=CCNC(=O)COC(=O)COc1ccc(Br)cc1. The van der Waals surface area contributed by atoms with Crippen LogP contribution in [0.15, 0.2) is 41.4 Å². The molecule has 0 saturated heterocycles. The predicted molar refractivity (Wildman–Crippen MR) is 73.8 cm³/mol. The molecule has 0 unspecified atom stereocenters. The Balaban J connectivity index is 2.22. The topological polar surface area (TPSA) is 64.6 Å². The van der Waals surface area contributed by atoms with Crippen LogP contribution in [-0.2, 0) is 14.3 Å². The molecule has 0 spiro atoms. The minimum atomic E-state index is -0.600. The lowest BCUT2D eigenvalue weighted by Gasteiger charge is -2.07. The van der Waals surface area contributed by atoms with E-state index in [0.29, 0.717) is 12.3 Å². The molecule has 0 radical (unpaired) electrons. The lowest BCUT2D eigenvalue weighted by molar-refractivity contribution is -0.150. The molecule has 102 valence electrons. The molecular formula is C13H14BrNO4. The van der Waals surface area contributed by atoms with Gasteiger partial charge in [0.2, 0.25) is 0 Å². The molecule has 6 heteroatoms. The van der Waals surface area contributed by atoms with Crippen molar-refractivity contribution in [3.05, 3.63) is 41.4 Å². The lowest BCUT2D eigenvalue weighted by atomic mass is 10.3. The number of hydrogen-bond donors (Lipinski definition) is 1. The van der Waals surface area contributed by atoms with E-state index in [4.69, 9.17) is 9.47 Å². The fourth-order valence-corrected chi connectivity index (χ4v) is 1.36. The first-order valence-electron chi connectivity index (χ1n) is 5.53. The minimum Gasteiger partial charge on any atom is -0.482 e. The van der Waals surface area contributed by atoms with E-state index in [-0.39, 0.29) is 19.1 Å². The molecule has 0 aliphatic heterocycles. The number of benzene rings is 1. The van der Waals surface area contributed by atoms with Gasteiger partial charge < -0.3 is 14.8 Å². The molecule has 19 heavy (non-hydrogen) atoms.